The molecule has 0 saturated heterocycles. The minimum absolute atomic E-state index is 0.449. The lowest BCUT2D eigenvalue weighted by Gasteiger charge is -2.28. The fourth-order valence-corrected chi connectivity index (χ4v) is 2.63. The molecule has 0 amide bonds. The summed E-state index contributed by atoms with van der Waals surface area (Å²) in [5.41, 5.74) is 1.02. The van der Waals surface area contributed by atoms with Gasteiger partial charge >= 0.3 is 0 Å². The Bertz CT molecular complexity index is 168. The molecule has 0 radical (unpaired) electrons. The van der Waals surface area contributed by atoms with Crippen LogP contribution in [0.15, 0.2) is 0 Å². The number of alkyl halides is 1. The van der Waals surface area contributed by atoms with Crippen LogP contribution in [0, 0.1) is 10.8 Å². The first kappa shape index (κ1) is 11.4. The number of rotatable bonds is 2. The Morgan fingerprint density at radius 3 is 2.38 bits per heavy atom. The average Bonchev–Trinajstić information content (AvgIpc) is 2.27. The molecule has 2 atom stereocenters. The zero-order valence-electron chi connectivity index (χ0n) is 9.49. The first-order valence-corrected chi connectivity index (χ1v) is 5.89. The van der Waals surface area contributed by atoms with E-state index in [1.54, 1.807) is 0 Å². The van der Waals surface area contributed by atoms with Gasteiger partial charge in [-0.05, 0) is 42.9 Å². The Morgan fingerprint density at radius 2 is 2.00 bits per heavy atom. The maximum Gasteiger partial charge on any atom is 0.0341 e. The first-order chi connectivity index (χ1) is 5.81. The maximum absolute atomic E-state index is 6.15. The molecular weight excluding hydrogens is 180 g/mol. The van der Waals surface area contributed by atoms with Crippen molar-refractivity contribution in [1.29, 1.82) is 0 Å². The smallest absolute Gasteiger partial charge is 0.0341 e. The molecule has 1 aliphatic carbocycles. The summed E-state index contributed by atoms with van der Waals surface area (Å²) in [5, 5.41) is 0.449. The molecule has 0 spiro atoms. The Labute approximate surface area is 88.1 Å². The van der Waals surface area contributed by atoms with Gasteiger partial charge < -0.3 is 0 Å². The number of hydrogen-bond donors (Lipinski definition) is 0. The summed E-state index contributed by atoms with van der Waals surface area (Å²) in [6.45, 7) is 9.37. The number of hydrogen-bond acceptors (Lipinski definition) is 0. The lowest BCUT2D eigenvalue weighted by molar-refractivity contribution is 0.240. The van der Waals surface area contributed by atoms with E-state index in [2.05, 4.69) is 27.7 Å². The third-order valence-corrected chi connectivity index (χ3v) is 3.63. The molecule has 0 nitrogen and oxygen atoms in total. The minimum Gasteiger partial charge on any atom is -0.123 e. The van der Waals surface area contributed by atoms with E-state index < -0.39 is 0 Å². The fraction of sp³-hybridized carbons (Fsp3) is 1.00. The van der Waals surface area contributed by atoms with E-state index in [-0.39, 0.29) is 0 Å². The van der Waals surface area contributed by atoms with Gasteiger partial charge in [-0.25, -0.2) is 0 Å². The van der Waals surface area contributed by atoms with Crippen molar-refractivity contribution in [3.05, 3.63) is 0 Å². The van der Waals surface area contributed by atoms with Gasteiger partial charge in [-0.15, -0.1) is 11.6 Å². The highest BCUT2D eigenvalue weighted by molar-refractivity contribution is 6.20. The summed E-state index contributed by atoms with van der Waals surface area (Å²) in [6, 6.07) is 0. The van der Waals surface area contributed by atoms with Crippen LogP contribution in [-0.2, 0) is 0 Å². The van der Waals surface area contributed by atoms with Gasteiger partial charge in [0.15, 0.2) is 0 Å². The average molecular weight is 203 g/mol. The molecule has 1 aliphatic rings. The molecule has 0 aromatic carbocycles. The highest BCUT2D eigenvalue weighted by Crippen LogP contribution is 2.45. The van der Waals surface area contributed by atoms with Gasteiger partial charge in [-0.3, -0.25) is 0 Å². The Balaban J connectivity index is 2.36. The third kappa shape index (κ3) is 3.89. The minimum atomic E-state index is 0.449. The molecule has 0 N–H and O–H groups in total. The molecule has 1 rings (SSSR count). The monoisotopic (exact) mass is 202 g/mol. The molecule has 0 aromatic rings. The molecule has 78 valence electrons. The Morgan fingerprint density at radius 1 is 1.38 bits per heavy atom. The molecule has 1 heteroatoms. The second kappa shape index (κ2) is 3.81. The van der Waals surface area contributed by atoms with E-state index in [0.717, 1.165) is 0 Å². The summed E-state index contributed by atoms with van der Waals surface area (Å²) in [5.74, 6) is 0. The van der Waals surface area contributed by atoms with Crippen molar-refractivity contribution in [2.24, 2.45) is 10.8 Å². The summed E-state index contributed by atoms with van der Waals surface area (Å²) in [4.78, 5) is 0. The van der Waals surface area contributed by atoms with Crippen molar-refractivity contribution in [3.63, 3.8) is 0 Å². The molecule has 1 fully saturated rings. The van der Waals surface area contributed by atoms with Crippen LogP contribution in [-0.4, -0.2) is 5.38 Å². The quantitative estimate of drug-likeness (QED) is 0.574. The SMILES string of the molecule is CC(C)(C)CCC1(C)CCC(Cl)C1. The van der Waals surface area contributed by atoms with Crippen LogP contribution < -0.4 is 0 Å². The van der Waals surface area contributed by atoms with Crippen molar-refractivity contribution < 1.29 is 0 Å². The Kier molecular flexibility index (Phi) is 3.33. The first-order valence-electron chi connectivity index (χ1n) is 5.45. The summed E-state index contributed by atoms with van der Waals surface area (Å²) < 4.78 is 0. The van der Waals surface area contributed by atoms with E-state index in [4.69, 9.17) is 11.6 Å². The standard InChI is InChI=1S/C12H23Cl/c1-11(2,3)7-8-12(4)6-5-10(13)9-12/h10H,5-9H2,1-4H3. The predicted molar refractivity (Wildman–Crippen MR) is 60.3 cm³/mol. The molecular formula is C12H23Cl. The maximum atomic E-state index is 6.15. The zero-order valence-corrected chi connectivity index (χ0v) is 10.2. The van der Waals surface area contributed by atoms with Gasteiger partial charge in [0.2, 0.25) is 0 Å². The molecule has 13 heavy (non-hydrogen) atoms. The van der Waals surface area contributed by atoms with Crippen LogP contribution in [0.2, 0.25) is 0 Å². The molecule has 0 bridgehead atoms. The van der Waals surface area contributed by atoms with E-state index in [0.29, 0.717) is 16.2 Å². The number of halogens is 1. The third-order valence-electron chi connectivity index (χ3n) is 3.25. The van der Waals surface area contributed by atoms with Gasteiger partial charge in [0, 0.05) is 5.38 Å². The molecule has 0 aliphatic heterocycles. The highest BCUT2D eigenvalue weighted by Gasteiger charge is 2.34. The van der Waals surface area contributed by atoms with Crippen LogP contribution in [0.1, 0.15) is 59.8 Å². The zero-order chi connectivity index (χ0) is 10.1. The normalized spacial score (nSPS) is 35.3. The second-order valence-electron chi connectivity index (χ2n) is 6.21. The molecule has 0 heterocycles. The van der Waals surface area contributed by atoms with E-state index in [9.17, 15) is 0 Å². The lowest BCUT2D eigenvalue weighted by atomic mass is 9.78. The van der Waals surface area contributed by atoms with Crippen LogP contribution in [0.3, 0.4) is 0 Å². The van der Waals surface area contributed by atoms with E-state index >= 15 is 0 Å². The van der Waals surface area contributed by atoms with Crippen LogP contribution in [0.4, 0.5) is 0 Å². The van der Waals surface area contributed by atoms with Crippen molar-refractivity contribution >= 4 is 11.6 Å². The topological polar surface area (TPSA) is 0 Å². The van der Waals surface area contributed by atoms with E-state index in [1.807, 2.05) is 0 Å². The van der Waals surface area contributed by atoms with Crippen LogP contribution in [0.25, 0.3) is 0 Å². The summed E-state index contributed by atoms with van der Waals surface area (Å²) in [6.07, 6.45) is 6.46. The van der Waals surface area contributed by atoms with Gasteiger partial charge in [-0.1, -0.05) is 27.7 Å². The van der Waals surface area contributed by atoms with Gasteiger partial charge in [-0.2, -0.15) is 0 Å². The lowest BCUT2D eigenvalue weighted by Crippen LogP contribution is -2.16. The van der Waals surface area contributed by atoms with Crippen molar-refractivity contribution in [1.82, 2.24) is 0 Å². The second-order valence-corrected chi connectivity index (χ2v) is 6.83. The predicted octanol–water partition coefficient (Wildman–Crippen LogP) is 4.61. The molecule has 1 saturated carbocycles. The molecule has 0 aromatic heterocycles. The highest BCUT2D eigenvalue weighted by atomic mass is 35.5. The summed E-state index contributed by atoms with van der Waals surface area (Å²) >= 11 is 6.15. The van der Waals surface area contributed by atoms with Crippen LogP contribution in [0.5, 0.6) is 0 Å². The van der Waals surface area contributed by atoms with Gasteiger partial charge in [0.05, 0.1) is 0 Å². The largest absolute Gasteiger partial charge is 0.123 e. The van der Waals surface area contributed by atoms with Crippen molar-refractivity contribution in [3.8, 4) is 0 Å². The van der Waals surface area contributed by atoms with Crippen molar-refractivity contribution in [2.75, 3.05) is 0 Å². The summed E-state index contributed by atoms with van der Waals surface area (Å²) in [7, 11) is 0. The van der Waals surface area contributed by atoms with E-state index in [1.165, 1.54) is 32.1 Å². The van der Waals surface area contributed by atoms with Gasteiger partial charge in [0.1, 0.15) is 0 Å². The Hall–Kier alpha value is 0.290. The van der Waals surface area contributed by atoms with Crippen LogP contribution >= 0.6 is 11.6 Å². The fourth-order valence-electron chi connectivity index (χ4n) is 2.15. The molecule has 2 unspecified atom stereocenters. The van der Waals surface area contributed by atoms with Crippen molar-refractivity contribution in [2.45, 2.75) is 65.2 Å². The van der Waals surface area contributed by atoms with Gasteiger partial charge in [0.25, 0.3) is 0 Å².